The number of rotatable bonds is 5. The molecular formula is C23H17N5O5. The van der Waals surface area contributed by atoms with Crippen LogP contribution in [0.2, 0.25) is 0 Å². The predicted octanol–water partition coefficient (Wildman–Crippen LogP) is 3.70. The standard InChI is InChI=1S/C23H17N5O5/c1-14-3-2-4-18(13-14)23-27-26-22(33-23)17-7-5-15(6-8-17)20(29)24-25-21(30)16-9-11-19(12-10-16)28(31)32/h2-13H,1H3,(H,24,29)(H,25,30). The number of nitrogens with one attached hydrogen (secondary N) is 2. The van der Waals surface area contributed by atoms with Crippen molar-refractivity contribution in [2.24, 2.45) is 0 Å². The third-order valence-corrected chi connectivity index (χ3v) is 4.71. The molecule has 0 unspecified atom stereocenters. The number of carbonyl (C=O) groups excluding carboxylic acids is 2. The molecule has 0 aliphatic rings. The van der Waals surface area contributed by atoms with E-state index in [1.165, 1.54) is 24.3 Å². The Morgan fingerprint density at radius 2 is 1.36 bits per heavy atom. The van der Waals surface area contributed by atoms with E-state index < -0.39 is 16.7 Å². The lowest BCUT2D eigenvalue weighted by atomic mass is 10.1. The Kier molecular flexibility index (Phi) is 5.90. The minimum atomic E-state index is -0.607. The van der Waals surface area contributed by atoms with E-state index in [1.807, 2.05) is 31.2 Å². The summed E-state index contributed by atoms with van der Waals surface area (Å²) in [6.45, 7) is 1.97. The average Bonchev–Trinajstić information content (AvgIpc) is 3.33. The number of aryl methyl sites for hydroxylation is 1. The van der Waals surface area contributed by atoms with Crippen LogP contribution in [0.15, 0.2) is 77.2 Å². The molecule has 10 heteroatoms. The molecule has 0 spiro atoms. The number of nitrogens with zero attached hydrogens (tertiary/aromatic N) is 3. The zero-order valence-electron chi connectivity index (χ0n) is 17.3. The minimum absolute atomic E-state index is 0.136. The maximum atomic E-state index is 12.3. The molecule has 1 heterocycles. The molecule has 4 rings (SSSR count). The summed E-state index contributed by atoms with van der Waals surface area (Å²) in [5, 5.41) is 18.8. The number of benzene rings is 3. The van der Waals surface area contributed by atoms with Gasteiger partial charge in [-0.3, -0.25) is 30.6 Å². The SMILES string of the molecule is Cc1cccc(-c2nnc(-c3ccc(C(=O)NNC(=O)c4ccc([N+](=O)[O-])cc4)cc3)o2)c1. The van der Waals surface area contributed by atoms with E-state index in [2.05, 4.69) is 21.0 Å². The van der Waals surface area contributed by atoms with Gasteiger partial charge in [0.05, 0.1) is 4.92 Å². The number of non-ortho nitro benzene ring substituents is 1. The van der Waals surface area contributed by atoms with Crippen LogP contribution in [-0.4, -0.2) is 26.9 Å². The van der Waals surface area contributed by atoms with Gasteiger partial charge in [0.1, 0.15) is 0 Å². The summed E-state index contributed by atoms with van der Waals surface area (Å²) in [6, 6.07) is 19.1. The molecule has 0 saturated heterocycles. The minimum Gasteiger partial charge on any atom is -0.416 e. The molecule has 0 bridgehead atoms. The lowest BCUT2D eigenvalue weighted by Gasteiger charge is -2.07. The highest BCUT2D eigenvalue weighted by Crippen LogP contribution is 2.24. The third kappa shape index (κ3) is 4.90. The third-order valence-electron chi connectivity index (χ3n) is 4.71. The maximum absolute atomic E-state index is 12.3. The summed E-state index contributed by atoms with van der Waals surface area (Å²) < 4.78 is 5.74. The lowest BCUT2D eigenvalue weighted by Crippen LogP contribution is -2.41. The number of hydrazine groups is 1. The van der Waals surface area contributed by atoms with E-state index in [0.717, 1.165) is 11.1 Å². The fraction of sp³-hybridized carbons (Fsp3) is 0.0435. The van der Waals surface area contributed by atoms with Crippen molar-refractivity contribution >= 4 is 17.5 Å². The Bertz CT molecular complexity index is 1330. The van der Waals surface area contributed by atoms with Crippen molar-refractivity contribution in [3.05, 3.63) is 99.6 Å². The predicted molar refractivity (Wildman–Crippen MR) is 118 cm³/mol. The zero-order valence-corrected chi connectivity index (χ0v) is 17.3. The molecule has 0 aliphatic heterocycles. The Labute approximate surface area is 187 Å². The second kappa shape index (κ2) is 9.10. The van der Waals surface area contributed by atoms with Gasteiger partial charge in [0.25, 0.3) is 17.5 Å². The van der Waals surface area contributed by atoms with Crippen molar-refractivity contribution in [2.45, 2.75) is 6.92 Å². The molecule has 10 nitrogen and oxygen atoms in total. The summed E-state index contributed by atoms with van der Waals surface area (Å²) in [4.78, 5) is 34.6. The zero-order chi connectivity index (χ0) is 23.4. The van der Waals surface area contributed by atoms with Crippen LogP contribution in [0.4, 0.5) is 5.69 Å². The lowest BCUT2D eigenvalue weighted by molar-refractivity contribution is -0.384. The number of aromatic nitrogens is 2. The van der Waals surface area contributed by atoms with Crippen molar-refractivity contribution in [1.29, 1.82) is 0 Å². The van der Waals surface area contributed by atoms with Gasteiger partial charge in [-0.1, -0.05) is 17.7 Å². The van der Waals surface area contributed by atoms with Gasteiger partial charge in [0.15, 0.2) is 0 Å². The topological polar surface area (TPSA) is 140 Å². The first kappa shape index (κ1) is 21.4. The van der Waals surface area contributed by atoms with Crippen molar-refractivity contribution < 1.29 is 18.9 Å². The Balaban J connectivity index is 1.38. The fourth-order valence-corrected chi connectivity index (χ4v) is 2.99. The van der Waals surface area contributed by atoms with E-state index in [4.69, 9.17) is 4.42 Å². The van der Waals surface area contributed by atoms with Crippen molar-refractivity contribution in [3.63, 3.8) is 0 Å². The molecule has 2 N–H and O–H groups in total. The van der Waals surface area contributed by atoms with Crippen LogP contribution in [0.1, 0.15) is 26.3 Å². The Morgan fingerprint density at radius 3 is 1.91 bits per heavy atom. The molecule has 33 heavy (non-hydrogen) atoms. The summed E-state index contributed by atoms with van der Waals surface area (Å²) in [7, 11) is 0. The highest BCUT2D eigenvalue weighted by Gasteiger charge is 2.14. The van der Waals surface area contributed by atoms with Gasteiger partial charge in [0.2, 0.25) is 11.8 Å². The molecule has 0 radical (unpaired) electrons. The van der Waals surface area contributed by atoms with E-state index in [0.29, 0.717) is 22.9 Å². The first-order valence-electron chi connectivity index (χ1n) is 9.77. The molecule has 0 atom stereocenters. The number of amides is 2. The van der Waals surface area contributed by atoms with Gasteiger partial charge in [-0.15, -0.1) is 10.2 Å². The van der Waals surface area contributed by atoms with Crippen LogP contribution in [0.5, 0.6) is 0 Å². The molecule has 0 fully saturated rings. The van der Waals surface area contributed by atoms with Gasteiger partial charge in [-0.05, 0) is 55.5 Å². The van der Waals surface area contributed by atoms with Crippen molar-refractivity contribution in [1.82, 2.24) is 21.0 Å². The number of nitro groups is 1. The van der Waals surface area contributed by atoms with Crippen LogP contribution in [-0.2, 0) is 0 Å². The fourth-order valence-electron chi connectivity index (χ4n) is 2.99. The van der Waals surface area contributed by atoms with Gasteiger partial charge >= 0.3 is 0 Å². The van der Waals surface area contributed by atoms with Crippen LogP contribution >= 0.6 is 0 Å². The summed E-state index contributed by atoms with van der Waals surface area (Å²) >= 11 is 0. The van der Waals surface area contributed by atoms with Crippen molar-refractivity contribution in [3.8, 4) is 22.9 Å². The summed E-state index contributed by atoms with van der Waals surface area (Å²) in [5.74, 6) is -0.443. The number of nitro benzene ring substituents is 1. The average molecular weight is 443 g/mol. The number of hydrogen-bond donors (Lipinski definition) is 2. The number of carbonyl (C=O) groups is 2. The van der Waals surface area contributed by atoms with Crippen LogP contribution < -0.4 is 10.9 Å². The second-order valence-electron chi connectivity index (χ2n) is 7.07. The molecule has 2 amide bonds. The molecular weight excluding hydrogens is 426 g/mol. The molecule has 0 saturated carbocycles. The molecule has 4 aromatic rings. The molecule has 3 aromatic carbocycles. The normalized spacial score (nSPS) is 10.5. The highest BCUT2D eigenvalue weighted by molar-refractivity contribution is 5.99. The smallest absolute Gasteiger partial charge is 0.269 e. The molecule has 1 aromatic heterocycles. The largest absolute Gasteiger partial charge is 0.416 e. The first-order valence-corrected chi connectivity index (χ1v) is 9.77. The highest BCUT2D eigenvalue weighted by atomic mass is 16.6. The van der Waals surface area contributed by atoms with Crippen LogP contribution in [0.25, 0.3) is 22.9 Å². The van der Waals surface area contributed by atoms with Crippen LogP contribution in [0, 0.1) is 17.0 Å². The molecule has 0 aliphatic carbocycles. The summed E-state index contributed by atoms with van der Waals surface area (Å²) in [5.41, 5.74) is 7.41. The molecule has 164 valence electrons. The van der Waals surface area contributed by atoms with E-state index in [1.54, 1.807) is 24.3 Å². The maximum Gasteiger partial charge on any atom is 0.269 e. The van der Waals surface area contributed by atoms with Crippen molar-refractivity contribution in [2.75, 3.05) is 0 Å². The summed E-state index contributed by atoms with van der Waals surface area (Å²) in [6.07, 6.45) is 0. The van der Waals surface area contributed by atoms with E-state index >= 15 is 0 Å². The van der Waals surface area contributed by atoms with Gasteiger partial charge in [-0.25, -0.2) is 0 Å². The first-order chi connectivity index (χ1) is 15.9. The Morgan fingerprint density at radius 1 is 0.818 bits per heavy atom. The quantitative estimate of drug-likeness (QED) is 0.354. The van der Waals surface area contributed by atoms with E-state index in [9.17, 15) is 19.7 Å². The van der Waals surface area contributed by atoms with Crippen LogP contribution in [0.3, 0.4) is 0 Å². The van der Waals surface area contributed by atoms with Gasteiger partial charge in [0, 0.05) is 34.4 Å². The van der Waals surface area contributed by atoms with Gasteiger partial charge < -0.3 is 4.42 Å². The van der Waals surface area contributed by atoms with Gasteiger partial charge in [-0.2, -0.15) is 0 Å². The Hall–Kier alpha value is -4.86. The number of hydrogen-bond acceptors (Lipinski definition) is 7. The monoisotopic (exact) mass is 443 g/mol. The second-order valence-corrected chi connectivity index (χ2v) is 7.07. The van der Waals surface area contributed by atoms with E-state index in [-0.39, 0.29) is 11.3 Å².